The number of ether oxygens (including phenoxy) is 4. The van der Waals surface area contributed by atoms with E-state index in [-0.39, 0.29) is 53.2 Å². The van der Waals surface area contributed by atoms with Gasteiger partial charge in [0.05, 0.1) is 81.0 Å². The number of anilines is 2. The van der Waals surface area contributed by atoms with Crippen LogP contribution in [0.1, 0.15) is 139 Å². The summed E-state index contributed by atoms with van der Waals surface area (Å²) >= 11 is 4.51. The molecule has 14 aromatic rings. The highest BCUT2D eigenvalue weighted by atomic mass is 32.1. The third-order valence-corrected chi connectivity index (χ3v) is 23.6. The van der Waals surface area contributed by atoms with E-state index in [1.165, 1.54) is 89.6 Å². The number of halogens is 4. The minimum Gasteiger partial charge on any atom is -0.497 e. The number of amides is 4. The first-order valence-electron chi connectivity index (χ1n) is 39.2. The molecular formula is C92H81F4N13O10S3. The van der Waals surface area contributed by atoms with Gasteiger partial charge in [-0.1, -0.05) is 72.4 Å². The maximum atomic E-state index is 13.2. The average Bonchev–Trinajstić information content (AvgIpc) is 1.74. The van der Waals surface area contributed by atoms with E-state index in [9.17, 15) is 36.7 Å². The highest BCUT2D eigenvalue weighted by Crippen LogP contribution is 2.46. The molecule has 7 aromatic carbocycles. The monoisotopic (exact) mass is 1700 g/mol. The van der Waals surface area contributed by atoms with Crippen molar-refractivity contribution in [1.82, 2.24) is 55.6 Å². The van der Waals surface area contributed by atoms with E-state index in [0.717, 1.165) is 111 Å². The molecule has 0 bridgehead atoms. The maximum Gasteiger partial charge on any atom is 0.416 e. The number of aromatic nitrogens is 8. The number of alkyl halides is 3. The zero-order chi connectivity index (χ0) is 84.6. The topological polar surface area (TPSA) is 286 Å². The zero-order valence-corrected chi connectivity index (χ0v) is 68.7. The Labute approximate surface area is 711 Å². The minimum atomic E-state index is -4.50. The second-order valence-corrected chi connectivity index (χ2v) is 31.7. The molecule has 0 atom stereocenters. The molecule has 620 valence electrons. The number of fused-ring (bicyclic) bond motifs is 3. The van der Waals surface area contributed by atoms with Crippen LogP contribution < -0.4 is 40.2 Å². The van der Waals surface area contributed by atoms with Crippen LogP contribution in [-0.2, 0) is 48.2 Å². The summed E-state index contributed by atoms with van der Waals surface area (Å²) in [6.07, 6.45) is 10.8. The van der Waals surface area contributed by atoms with Crippen LogP contribution in [0.4, 0.5) is 33.7 Å². The van der Waals surface area contributed by atoms with Gasteiger partial charge < -0.3 is 54.1 Å². The lowest BCUT2D eigenvalue weighted by Crippen LogP contribution is -2.32. The lowest BCUT2D eigenvalue weighted by atomic mass is 9.80. The van der Waals surface area contributed by atoms with Crippen molar-refractivity contribution in [3.63, 3.8) is 0 Å². The molecule has 122 heavy (non-hydrogen) atoms. The number of methoxy groups -OCH3 is 3. The smallest absolute Gasteiger partial charge is 0.416 e. The summed E-state index contributed by atoms with van der Waals surface area (Å²) in [7, 11) is 4.93. The Morgan fingerprint density at radius 2 is 1.35 bits per heavy atom. The largest absolute Gasteiger partial charge is 0.497 e. The number of rotatable bonds is 22. The van der Waals surface area contributed by atoms with Crippen LogP contribution in [0.15, 0.2) is 245 Å². The number of urea groups is 1. The Kier molecular flexibility index (Phi) is 26.4. The molecule has 23 nitrogen and oxygen atoms in total. The van der Waals surface area contributed by atoms with Crippen LogP contribution in [0.3, 0.4) is 0 Å². The van der Waals surface area contributed by atoms with Gasteiger partial charge in [-0.2, -0.15) is 29.5 Å². The van der Waals surface area contributed by atoms with Crippen molar-refractivity contribution in [2.24, 2.45) is 5.92 Å². The first-order chi connectivity index (χ1) is 59.4. The van der Waals surface area contributed by atoms with Gasteiger partial charge in [0.2, 0.25) is 35.2 Å². The molecule has 4 amide bonds. The SMILES string of the molecule is C=C(c1ncc(-c2ccc(F)cc2)o1)N1CCc2cc(OC)c(OC)cc2C1.COc1ccc(-c2nc(CNC(=O)C3CCC(c4cc(C5CC5)ncn4)CC3)cs2)cc1.O=C(Nc1cccc(C(F)(F)F)c1)Nc1ccccc1Cc1nc(-c2cnccn2)no1.O=C(c1ccsc1)c1ccc(CNC(=O)C2c3ccccc3Oc3ccccc32)s1. The highest BCUT2D eigenvalue weighted by Gasteiger charge is 2.35. The molecule has 0 spiro atoms. The fourth-order valence-electron chi connectivity index (χ4n) is 14.3. The number of nitrogens with one attached hydrogen (secondary N) is 4. The van der Waals surface area contributed by atoms with Crippen molar-refractivity contribution < 1.29 is 64.6 Å². The van der Waals surface area contributed by atoms with Gasteiger partial charge in [-0.05, 0) is 188 Å². The quantitative estimate of drug-likeness (QED) is 0.0362. The summed E-state index contributed by atoms with van der Waals surface area (Å²) in [4.78, 5) is 84.9. The number of ketones is 1. The molecule has 0 saturated heterocycles. The lowest BCUT2D eigenvalue weighted by molar-refractivity contribution is -0.137. The van der Waals surface area contributed by atoms with Gasteiger partial charge in [0.25, 0.3) is 0 Å². The molecule has 4 N–H and O–H groups in total. The van der Waals surface area contributed by atoms with Crippen molar-refractivity contribution in [3.05, 3.63) is 319 Å². The van der Waals surface area contributed by atoms with E-state index >= 15 is 0 Å². The number of nitrogens with zero attached hydrogens (tertiary/aromatic N) is 9. The van der Waals surface area contributed by atoms with Crippen molar-refractivity contribution in [2.75, 3.05) is 38.5 Å². The Bertz CT molecular complexity index is 5950. The predicted octanol–water partition coefficient (Wildman–Crippen LogP) is 20.0. The van der Waals surface area contributed by atoms with Crippen molar-refractivity contribution in [2.45, 2.75) is 94.9 Å². The van der Waals surface area contributed by atoms with Crippen LogP contribution in [0.25, 0.3) is 39.1 Å². The molecule has 0 radical (unpaired) electrons. The van der Waals surface area contributed by atoms with E-state index in [4.69, 9.17) is 27.9 Å². The third-order valence-electron chi connectivity index (χ3n) is 20.9. The lowest BCUT2D eigenvalue weighted by Gasteiger charge is -2.31. The average molecular weight is 1700 g/mol. The Hall–Kier alpha value is -13.6. The van der Waals surface area contributed by atoms with E-state index < -0.39 is 23.7 Å². The number of benzene rings is 7. The summed E-state index contributed by atoms with van der Waals surface area (Å²) in [5.74, 6) is 5.84. The van der Waals surface area contributed by atoms with Gasteiger partial charge in [0.1, 0.15) is 40.1 Å². The zero-order valence-electron chi connectivity index (χ0n) is 66.3. The number of hydrogen-bond donors (Lipinski definition) is 4. The fraction of sp³-hybridized carbons (Fsp3) is 0.217. The molecular weight excluding hydrogens is 1620 g/mol. The van der Waals surface area contributed by atoms with Crippen LogP contribution in [-0.4, -0.2) is 96.4 Å². The first-order valence-corrected chi connectivity index (χ1v) is 41.8. The Balaban J connectivity index is 0.000000127. The summed E-state index contributed by atoms with van der Waals surface area (Å²) < 4.78 is 84.8. The van der Waals surface area contributed by atoms with Gasteiger partial charge in [-0.15, -0.1) is 22.7 Å². The molecule has 7 aromatic heterocycles. The van der Waals surface area contributed by atoms with Gasteiger partial charge in [0, 0.05) is 109 Å². The normalized spacial score (nSPS) is 14.5. The molecule has 18 rings (SSSR count). The third kappa shape index (κ3) is 20.8. The predicted molar refractivity (Wildman–Crippen MR) is 457 cm³/mol. The summed E-state index contributed by atoms with van der Waals surface area (Å²) in [5, 5.41) is 21.8. The second kappa shape index (κ2) is 38.6. The van der Waals surface area contributed by atoms with Crippen LogP contribution in [0.2, 0.25) is 0 Å². The highest BCUT2D eigenvalue weighted by molar-refractivity contribution is 7.14. The molecule has 9 heterocycles. The maximum absolute atomic E-state index is 13.2. The number of oxazole rings is 1. The minimum absolute atomic E-state index is 0.0142. The van der Waals surface area contributed by atoms with E-state index in [2.05, 4.69) is 78.9 Å². The molecule has 2 fully saturated rings. The van der Waals surface area contributed by atoms with Gasteiger partial charge >= 0.3 is 12.2 Å². The van der Waals surface area contributed by atoms with Gasteiger partial charge in [-0.25, -0.2) is 34.1 Å². The van der Waals surface area contributed by atoms with Gasteiger partial charge in [-0.3, -0.25) is 19.4 Å². The number of thiazole rings is 1. The molecule has 2 saturated carbocycles. The number of carbonyl (C=O) groups is 4. The van der Waals surface area contributed by atoms with E-state index in [1.807, 2.05) is 119 Å². The Morgan fingerprint density at radius 3 is 2.04 bits per heavy atom. The van der Waals surface area contributed by atoms with E-state index in [1.54, 1.807) is 81.6 Å². The summed E-state index contributed by atoms with van der Waals surface area (Å²) in [5.41, 5.74) is 11.3. The fourth-order valence-corrected chi connectivity index (χ4v) is 16.7. The number of hydrogen-bond acceptors (Lipinski definition) is 22. The van der Waals surface area contributed by atoms with Gasteiger partial charge in [0.15, 0.2) is 17.3 Å². The van der Waals surface area contributed by atoms with E-state index in [0.29, 0.717) is 93.5 Å². The first kappa shape index (κ1) is 83.5. The number of thiophene rings is 2. The molecule has 30 heteroatoms. The van der Waals surface area contributed by atoms with Crippen molar-refractivity contribution in [1.29, 1.82) is 0 Å². The van der Waals surface area contributed by atoms with Crippen molar-refractivity contribution in [3.8, 4) is 62.2 Å². The molecule has 2 aliphatic heterocycles. The molecule has 2 aliphatic carbocycles. The van der Waals surface area contributed by atoms with Crippen LogP contribution in [0, 0.1) is 11.7 Å². The summed E-state index contributed by atoms with van der Waals surface area (Å²) in [6.45, 7) is 6.51. The molecule has 4 aliphatic rings. The van der Waals surface area contributed by atoms with Crippen LogP contribution in [0.5, 0.6) is 28.7 Å². The molecule has 0 unspecified atom stereocenters. The Morgan fingerprint density at radius 1 is 0.656 bits per heavy atom. The van der Waals surface area contributed by atoms with Crippen LogP contribution >= 0.6 is 34.0 Å². The number of para-hydroxylation sites is 3. The number of carbonyl (C=O) groups excluding carboxylic acids is 4. The second-order valence-electron chi connectivity index (χ2n) is 28.9. The van der Waals surface area contributed by atoms with Crippen molar-refractivity contribution >= 4 is 74.7 Å². The summed E-state index contributed by atoms with van der Waals surface area (Å²) in [6, 6.07) is 51.6. The standard InChI is InChI=1S/C25H28N4O2S.C24H17NO3S2.C22H21FN2O3.C21H15F3N6O2/c1-31-21-10-8-19(9-11-21)25-29-20(14-32-25)13-26-24(30)18-6-4-17(5-7-18)23-12-22(16-2-3-16)27-15-28-23;26-23(15-11-12-29-14-15)21-10-9-16(30-21)13-25-24(27)22-17-5-1-3-7-19(17)28-20-8-4-2-6-18(20)22;1-14(22-24-12-21(28-22)15-4-6-18(23)7-5-15)25-9-8-16-10-19(26-2)20(27-3)11-17(16)13-25;22-21(23,24)14-5-3-6-15(11-14)27-20(31)28-16-7-2-1-4-13(16)10-18-29-19(30-32-18)17-12-25-8-9-26-17/h8-12,14-18H,2-7,13H2,1H3,(H,26,30);1-12,14,22H,13H2,(H,25,27);4-7,10-12H,1,8-9,13H2,2-3H3;1-9,11-12H,10H2,(H2,27,28,31).